The minimum Gasteiger partial charge on any atom is -0.0683 e. The Hall–Kier alpha value is -1.50. The molecule has 0 aromatic heterocycles. The van der Waals surface area contributed by atoms with Crippen molar-refractivity contribution in [1.82, 2.24) is 0 Å². The molecule has 0 nitrogen and oxygen atoms in total. The molecule has 0 saturated heterocycles. The summed E-state index contributed by atoms with van der Waals surface area (Å²) >= 11 is 0. The van der Waals surface area contributed by atoms with Crippen LogP contribution in [0.4, 0.5) is 0 Å². The molecule has 1 heteroatoms. The van der Waals surface area contributed by atoms with Crippen LogP contribution in [-0.2, 0) is 5.41 Å². The highest BCUT2D eigenvalue weighted by molar-refractivity contribution is 5.75. The molecule has 0 bridgehead atoms. The van der Waals surface area contributed by atoms with Crippen molar-refractivity contribution in [1.29, 1.82) is 0 Å². The Labute approximate surface area is 153 Å². The fourth-order valence-corrected chi connectivity index (χ4v) is 2.15. The van der Waals surface area contributed by atoms with Gasteiger partial charge in [-0.05, 0) is 35.3 Å². The van der Waals surface area contributed by atoms with E-state index in [4.69, 9.17) is 0 Å². The van der Waals surface area contributed by atoms with Gasteiger partial charge in [0, 0.05) is 8.41 Å². The molecule has 24 heavy (non-hydrogen) atoms. The van der Waals surface area contributed by atoms with Crippen molar-refractivity contribution in [2.45, 2.75) is 72.6 Å². The minimum absolute atomic E-state index is 0. The molecule has 2 aromatic carbocycles. The van der Waals surface area contributed by atoms with Crippen molar-refractivity contribution in [3.63, 3.8) is 0 Å². The molecule has 0 heterocycles. The molecule has 3 radical (unpaired) electrons. The maximum atomic E-state index is 2.34. The highest BCUT2D eigenvalue weighted by atomic mass is 14.4. The lowest BCUT2D eigenvalue weighted by molar-refractivity contribution is 0.788. The van der Waals surface area contributed by atoms with Gasteiger partial charge in [-0.15, -0.1) is 0 Å². The Morgan fingerprint density at radius 1 is 0.708 bits per heavy atom. The van der Waals surface area contributed by atoms with Crippen LogP contribution in [0.15, 0.2) is 60.7 Å². The summed E-state index contributed by atoms with van der Waals surface area (Å²) in [4.78, 5) is 0. The van der Waals surface area contributed by atoms with Crippen molar-refractivity contribution in [3.8, 4) is 0 Å². The fraction of sp³-hybridized carbons (Fsp3) is 0.478. The second-order valence-electron chi connectivity index (χ2n) is 5.99. The predicted octanol–water partition coefficient (Wildman–Crippen LogP) is 7.22. The zero-order valence-electron chi connectivity index (χ0n) is 16.8. The Kier molecular flexibility index (Phi) is 14.3. The van der Waals surface area contributed by atoms with E-state index in [0.29, 0.717) is 11.3 Å². The lowest BCUT2D eigenvalue weighted by Crippen LogP contribution is -1.97. The molecule has 0 aliphatic heterocycles. The molecule has 1 aliphatic carbocycles. The Morgan fingerprint density at radius 2 is 1.08 bits per heavy atom. The van der Waals surface area contributed by atoms with Crippen molar-refractivity contribution in [2.24, 2.45) is 0 Å². The molecular formula is C23H36B. The van der Waals surface area contributed by atoms with Crippen LogP contribution >= 0.6 is 0 Å². The number of rotatable bonds is 2. The third kappa shape index (κ3) is 8.96. The molecule has 131 valence electrons. The van der Waals surface area contributed by atoms with Gasteiger partial charge < -0.3 is 0 Å². The standard InChI is InChI=1S/C10H12.C9H12.2C2H6.B/c1-10(7-8-10)9-5-3-2-4-6-9;1-8(2)9-6-4-3-5-7-9;2*1-2;/h2-6H,7-8H2,1H3;3-8H,1-2H3;2*1-2H3;. The summed E-state index contributed by atoms with van der Waals surface area (Å²) in [5.41, 5.74) is 3.47. The van der Waals surface area contributed by atoms with E-state index in [1.54, 1.807) is 0 Å². The maximum absolute atomic E-state index is 2.34. The molecule has 1 aliphatic rings. The van der Waals surface area contributed by atoms with Gasteiger partial charge in [0.25, 0.3) is 0 Å². The SMILES string of the molecule is CC.CC.CC(C)c1ccccc1.CC1(c2ccccc2)CC1.[B]. The average Bonchev–Trinajstić information content (AvgIpc) is 3.39. The fourth-order valence-electron chi connectivity index (χ4n) is 2.15. The van der Waals surface area contributed by atoms with E-state index in [0.717, 1.165) is 0 Å². The third-order valence-electron chi connectivity index (χ3n) is 3.94. The lowest BCUT2D eigenvalue weighted by atomic mass is 9.99. The summed E-state index contributed by atoms with van der Waals surface area (Å²) in [6, 6.07) is 21.3. The maximum Gasteiger partial charge on any atom is 0 e. The van der Waals surface area contributed by atoms with E-state index in [-0.39, 0.29) is 8.41 Å². The van der Waals surface area contributed by atoms with Crippen LogP contribution in [0.1, 0.15) is 78.4 Å². The first-order chi connectivity index (χ1) is 11.1. The summed E-state index contributed by atoms with van der Waals surface area (Å²) in [5.74, 6) is 0.659. The van der Waals surface area contributed by atoms with E-state index in [1.165, 1.54) is 24.0 Å². The topological polar surface area (TPSA) is 0 Å². The molecule has 0 unspecified atom stereocenters. The summed E-state index contributed by atoms with van der Waals surface area (Å²) in [6.45, 7) is 14.7. The van der Waals surface area contributed by atoms with Crippen molar-refractivity contribution < 1.29 is 0 Å². The lowest BCUT2D eigenvalue weighted by Gasteiger charge is -2.06. The quantitative estimate of drug-likeness (QED) is 0.512. The first-order valence-electron chi connectivity index (χ1n) is 9.22. The Bertz CT molecular complexity index is 484. The second-order valence-corrected chi connectivity index (χ2v) is 5.99. The van der Waals surface area contributed by atoms with Gasteiger partial charge in [0.2, 0.25) is 0 Å². The summed E-state index contributed by atoms with van der Waals surface area (Å²) in [6.07, 6.45) is 2.74. The van der Waals surface area contributed by atoms with E-state index < -0.39 is 0 Å². The van der Waals surface area contributed by atoms with Crippen LogP contribution in [0.3, 0.4) is 0 Å². The molecular weight excluding hydrogens is 287 g/mol. The molecule has 0 N–H and O–H groups in total. The van der Waals surface area contributed by atoms with Crippen LogP contribution in [0.5, 0.6) is 0 Å². The average molecular weight is 323 g/mol. The first-order valence-corrected chi connectivity index (χ1v) is 9.22. The van der Waals surface area contributed by atoms with Gasteiger partial charge in [-0.3, -0.25) is 0 Å². The van der Waals surface area contributed by atoms with Gasteiger partial charge in [0.05, 0.1) is 0 Å². The van der Waals surface area contributed by atoms with Crippen LogP contribution in [-0.4, -0.2) is 8.41 Å². The van der Waals surface area contributed by atoms with E-state index in [1.807, 2.05) is 33.8 Å². The molecule has 0 amide bonds. The third-order valence-corrected chi connectivity index (χ3v) is 3.94. The van der Waals surface area contributed by atoms with Gasteiger partial charge in [0.1, 0.15) is 0 Å². The van der Waals surface area contributed by atoms with Crippen molar-refractivity contribution in [2.75, 3.05) is 0 Å². The Balaban J connectivity index is 0. The van der Waals surface area contributed by atoms with Gasteiger partial charge in [0.15, 0.2) is 0 Å². The predicted molar refractivity (Wildman–Crippen MR) is 112 cm³/mol. The summed E-state index contributed by atoms with van der Waals surface area (Å²) < 4.78 is 0. The monoisotopic (exact) mass is 323 g/mol. The summed E-state index contributed by atoms with van der Waals surface area (Å²) in [7, 11) is 0. The van der Waals surface area contributed by atoms with Crippen molar-refractivity contribution >= 4 is 8.41 Å². The first kappa shape index (κ1) is 24.8. The van der Waals surface area contributed by atoms with E-state index >= 15 is 0 Å². The molecule has 0 spiro atoms. The second kappa shape index (κ2) is 13.9. The molecule has 1 saturated carbocycles. The van der Waals surface area contributed by atoms with Gasteiger partial charge >= 0.3 is 0 Å². The van der Waals surface area contributed by atoms with Crippen LogP contribution in [0.2, 0.25) is 0 Å². The number of benzene rings is 2. The number of hydrogen-bond donors (Lipinski definition) is 0. The minimum atomic E-state index is 0. The summed E-state index contributed by atoms with van der Waals surface area (Å²) in [5, 5.41) is 0. The number of hydrogen-bond acceptors (Lipinski definition) is 0. The van der Waals surface area contributed by atoms with E-state index in [9.17, 15) is 0 Å². The molecule has 2 aromatic rings. The van der Waals surface area contributed by atoms with Crippen LogP contribution in [0, 0.1) is 0 Å². The normalized spacial score (nSPS) is 12.8. The largest absolute Gasteiger partial charge is 0.0683 e. The van der Waals surface area contributed by atoms with Crippen LogP contribution in [0.25, 0.3) is 0 Å². The molecule has 3 rings (SSSR count). The zero-order chi connectivity index (χ0) is 17.7. The van der Waals surface area contributed by atoms with Gasteiger partial charge in [-0.25, -0.2) is 0 Å². The Morgan fingerprint density at radius 3 is 1.38 bits per heavy atom. The van der Waals surface area contributed by atoms with E-state index in [2.05, 4.69) is 75.4 Å². The van der Waals surface area contributed by atoms with Gasteiger partial charge in [-0.2, -0.15) is 0 Å². The molecule has 0 atom stereocenters. The van der Waals surface area contributed by atoms with Crippen molar-refractivity contribution in [3.05, 3.63) is 71.8 Å². The highest BCUT2D eigenvalue weighted by Gasteiger charge is 2.38. The molecule has 1 fully saturated rings. The zero-order valence-corrected chi connectivity index (χ0v) is 16.8. The highest BCUT2D eigenvalue weighted by Crippen LogP contribution is 2.47. The van der Waals surface area contributed by atoms with Gasteiger partial charge in [-0.1, -0.05) is 109 Å². The smallest absolute Gasteiger partial charge is 0 e. The van der Waals surface area contributed by atoms with Crippen LogP contribution < -0.4 is 0 Å².